The molecule has 0 heterocycles. The van der Waals surface area contributed by atoms with Crippen LogP contribution < -0.4 is 15.4 Å². The summed E-state index contributed by atoms with van der Waals surface area (Å²) in [6.07, 6.45) is -0.717. The second kappa shape index (κ2) is 9.74. The lowest BCUT2D eigenvalue weighted by molar-refractivity contribution is -0.122. The zero-order chi connectivity index (χ0) is 21.5. The number of anilines is 1. The maximum Gasteiger partial charge on any atom is 0.265 e. The van der Waals surface area contributed by atoms with Gasteiger partial charge in [-0.1, -0.05) is 54.6 Å². The van der Waals surface area contributed by atoms with Gasteiger partial charge in [0.2, 0.25) is 0 Å². The molecule has 0 bridgehead atoms. The number of ether oxygens (including phenoxy) is 1. The Morgan fingerprint density at radius 2 is 1.63 bits per heavy atom. The average Bonchev–Trinajstić information content (AvgIpc) is 2.75. The van der Waals surface area contributed by atoms with Crippen molar-refractivity contribution in [3.8, 4) is 5.75 Å². The largest absolute Gasteiger partial charge is 0.481 e. The van der Waals surface area contributed by atoms with Gasteiger partial charge in [0.1, 0.15) is 5.75 Å². The summed E-state index contributed by atoms with van der Waals surface area (Å²) in [6, 6.07) is 22.5. The maximum atomic E-state index is 12.7. The van der Waals surface area contributed by atoms with Crippen LogP contribution in [0.1, 0.15) is 34.0 Å². The van der Waals surface area contributed by atoms with Crippen molar-refractivity contribution < 1.29 is 14.3 Å². The van der Waals surface area contributed by atoms with E-state index in [0.29, 0.717) is 23.5 Å². The molecule has 1 unspecified atom stereocenters. The standard InChI is InChI=1S/C25H26N2O3/c1-17-13-14-18(2)23(15-17)30-19(3)24(28)27-22-12-8-7-11-21(22)25(29)26-16-20-9-5-4-6-10-20/h4-15,19H,16H2,1-3H3,(H,26,29)(H,27,28). The fourth-order valence-electron chi connectivity index (χ4n) is 2.98. The molecule has 3 aromatic rings. The van der Waals surface area contributed by atoms with Crippen LogP contribution in [-0.2, 0) is 11.3 Å². The Hall–Kier alpha value is -3.60. The van der Waals surface area contributed by atoms with Gasteiger partial charge in [-0.15, -0.1) is 0 Å². The fraction of sp³-hybridized carbons (Fsp3) is 0.200. The lowest BCUT2D eigenvalue weighted by atomic mass is 10.1. The highest BCUT2D eigenvalue weighted by molar-refractivity contribution is 6.04. The summed E-state index contributed by atoms with van der Waals surface area (Å²) < 4.78 is 5.85. The molecule has 30 heavy (non-hydrogen) atoms. The van der Waals surface area contributed by atoms with Gasteiger partial charge in [0.05, 0.1) is 11.3 Å². The van der Waals surface area contributed by atoms with E-state index in [1.807, 2.05) is 62.4 Å². The smallest absolute Gasteiger partial charge is 0.265 e. The van der Waals surface area contributed by atoms with Crippen LogP contribution in [0.15, 0.2) is 72.8 Å². The molecule has 3 rings (SSSR count). The van der Waals surface area contributed by atoms with Gasteiger partial charge in [0, 0.05) is 6.54 Å². The van der Waals surface area contributed by atoms with Crippen LogP contribution in [0.25, 0.3) is 0 Å². The molecule has 2 amide bonds. The number of carbonyl (C=O) groups is 2. The van der Waals surface area contributed by atoms with Crippen molar-refractivity contribution in [2.45, 2.75) is 33.4 Å². The number of nitrogens with one attached hydrogen (secondary N) is 2. The molecule has 5 nitrogen and oxygen atoms in total. The SMILES string of the molecule is Cc1ccc(C)c(OC(C)C(=O)Nc2ccccc2C(=O)NCc2ccccc2)c1. The van der Waals surface area contributed by atoms with Crippen LogP contribution in [0.2, 0.25) is 0 Å². The Labute approximate surface area is 177 Å². The average molecular weight is 402 g/mol. The van der Waals surface area contributed by atoms with E-state index in [4.69, 9.17) is 4.74 Å². The van der Waals surface area contributed by atoms with Gasteiger partial charge >= 0.3 is 0 Å². The lowest BCUT2D eigenvalue weighted by Gasteiger charge is -2.18. The van der Waals surface area contributed by atoms with Crippen molar-refractivity contribution in [1.82, 2.24) is 5.32 Å². The van der Waals surface area contributed by atoms with Crippen molar-refractivity contribution in [3.05, 3.63) is 95.1 Å². The van der Waals surface area contributed by atoms with E-state index in [0.717, 1.165) is 16.7 Å². The van der Waals surface area contributed by atoms with Crippen molar-refractivity contribution in [2.24, 2.45) is 0 Å². The third kappa shape index (κ3) is 5.47. The third-order valence-corrected chi connectivity index (χ3v) is 4.74. The highest BCUT2D eigenvalue weighted by atomic mass is 16.5. The molecule has 3 aromatic carbocycles. The Morgan fingerprint density at radius 1 is 0.933 bits per heavy atom. The van der Waals surface area contributed by atoms with Gasteiger partial charge in [0.15, 0.2) is 6.10 Å². The zero-order valence-electron chi connectivity index (χ0n) is 17.4. The van der Waals surface area contributed by atoms with Crippen LogP contribution in [0.5, 0.6) is 5.75 Å². The molecular weight excluding hydrogens is 376 g/mol. The van der Waals surface area contributed by atoms with E-state index in [1.165, 1.54) is 0 Å². The fourth-order valence-corrected chi connectivity index (χ4v) is 2.98. The number of hydrogen-bond donors (Lipinski definition) is 2. The molecule has 1 atom stereocenters. The van der Waals surface area contributed by atoms with Crippen LogP contribution in [-0.4, -0.2) is 17.9 Å². The molecule has 0 fully saturated rings. The third-order valence-electron chi connectivity index (χ3n) is 4.74. The Morgan fingerprint density at radius 3 is 2.40 bits per heavy atom. The van der Waals surface area contributed by atoms with E-state index in [1.54, 1.807) is 31.2 Å². The number of benzene rings is 3. The Kier molecular flexibility index (Phi) is 6.86. The highest BCUT2D eigenvalue weighted by Gasteiger charge is 2.19. The molecule has 5 heteroatoms. The predicted octanol–water partition coefficient (Wildman–Crippen LogP) is 4.64. The first-order valence-corrected chi connectivity index (χ1v) is 9.90. The van der Waals surface area contributed by atoms with E-state index >= 15 is 0 Å². The first-order valence-electron chi connectivity index (χ1n) is 9.90. The minimum absolute atomic E-state index is 0.252. The number of hydrogen-bond acceptors (Lipinski definition) is 3. The number of aryl methyl sites for hydroxylation is 2. The van der Waals surface area contributed by atoms with Crippen molar-refractivity contribution >= 4 is 17.5 Å². The monoisotopic (exact) mass is 402 g/mol. The summed E-state index contributed by atoms with van der Waals surface area (Å²) in [5.74, 6) is 0.101. The lowest BCUT2D eigenvalue weighted by Crippen LogP contribution is -2.32. The van der Waals surface area contributed by atoms with Crippen molar-refractivity contribution in [1.29, 1.82) is 0 Å². The minimum Gasteiger partial charge on any atom is -0.481 e. The molecule has 0 aliphatic carbocycles. The van der Waals surface area contributed by atoms with Crippen LogP contribution >= 0.6 is 0 Å². The number of carbonyl (C=O) groups excluding carboxylic acids is 2. The molecular formula is C25H26N2O3. The van der Waals surface area contributed by atoms with Crippen molar-refractivity contribution in [3.63, 3.8) is 0 Å². The first-order chi connectivity index (χ1) is 14.4. The molecule has 0 aromatic heterocycles. The highest BCUT2D eigenvalue weighted by Crippen LogP contribution is 2.21. The zero-order valence-corrected chi connectivity index (χ0v) is 17.4. The summed E-state index contributed by atoms with van der Waals surface area (Å²) in [5.41, 5.74) is 3.87. The summed E-state index contributed by atoms with van der Waals surface area (Å²) >= 11 is 0. The normalized spacial score (nSPS) is 11.4. The minimum atomic E-state index is -0.717. The summed E-state index contributed by atoms with van der Waals surface area (Å²) in [4.78, 5) is 25.4. The Bertz CT molecular complexity index is 1030. The van der Waals surface area contributed by atoms with E-state index in [2.05, 4.69) is 10.6 Å². The first kappa shape index (κ1) is 21.1. The molecule has 0 radical (unpaired) electrons. The van der Waals surface area contributed by atoms with Crippen LogP contribution in [0, 0.1) is 13.8 Å². The summed E-state index contributed by atoms with van der Waals surface area (Å²) in [6.45, 7) is 6.01. The number of para-hydroxylation sites is 1. The molecule has 154 valence electrons. The van der Waals surface area contributed by atoms with Gasteiger partial charge < -0.3 is 15.4 Å². The van der Waals surface area contributed by atoms with Crippen LogP contribution in [0.3, 0.4) is 0 Å². The number of amides is 2. The molecule has 0 saturated heterocycles. The van der Waals surface area contributed by atoms with Gasteiger partial charge in [-0.2, -0.15) is 0 Å². The van der Waals surface area contributed by atoms with Gasteiger partial charge in [-0.3, -0.25) is 9.59 Å². The van der Waals surface area contributed by atoms with Crippen molar-refractivity contribution in [2.75, 3.05) is 5.32 Å². The van der Waals surface area contributed by atoms with Gasteiger partial charge in [-0.05, 0) is 55.7 Å². The van der Waals surface area contributed by atoms with Gasteiger partial charge in [0.25, 0.3) is 11.8 Å². The second-order valence-electron chi connectivity index (χ2n) is 7.23. The van der Waals surface area contributed by atoms with E-state index in [-0.39, 0.29) is 11.8 Å². The predicted molar refractivity (Wildman–Crippen MR) is 119 cm³/mol. The summed E-state index contributed by atoms with van der Waals surface area (Å²) in [5, 5.41) is 5.71. The van der Waals surface area contributed by atoms with E-state index < -0.39 is 6.10 Å². The number of rotatable bonds is 7. The maximum absolute atomic E-state index is 12.7. The Balaban J connectivity index is 1.66. The summed E-state index contributed by atoms with van der Waals surface area (Å²) in [7, 11) is 0. The molecule has 0 spiro atoms. The van der Waals surface area contributed by atoms with E-state index in [9.17, 15) is 9.59 Å². The molecule has 0 aliphatic heterocycles. The van der Waals surface area contributed by atoms with Gasteiger partial charge in [-0.25, -0.2) is 0 Å². The molecule has 2 N–H and O–H groups in total. The topological polar surface area (TPSA) is 67.4 Å². The molecule has 0 saturated carbocycles. The quantitative estimate of drug-likeness (QED) is 0.605. The second-order valence-corrected chi connectivity index (χ2v) is 7.23. The molecule has 0 aliphatic rings. The van der Waals surface area contributed by atoms with Crippen LogP contribution in [0.4, 0.5) is 5.69 Å².